The van der Waals surface area contributed by atoms with Gasteiger partial charge in [0.05, 0.1) is 5.60 Å². The highest BCUT2D eigenvalue weighted by Crippen LogP contribution is 2.38. The molecule has 0 heterocycles. The fourth-order valence-corrected chi connectivity index (χ4v) is 2.86. The zero-order valence-corrected chi connectivity index (χ0v) is 11.6. The Balaban J connectivity index is 2.31. The van der Waals surface area contributed by atoms with Gasteiger partial charge in [0, 0.05) is 0 Å². The van der Waals surface area contributed by atoms with Crippen molar-refractivity contribution < 1.29 is 5.11 Å². The summed E-state index contributed by atoms with van der Waals surface area (Å²) in [5.41, 5.74) is -0.344. The molecule has 1 aliphatic rings. The van der Waals surface area contributed by atoms with E-state index in [2.05, 4.69) is 27.7 Å². The quantitative estimate of drug-likeness (QED) is 0.737. The molecule has 1 aliphatic carbocycles. The Kier molecular flexibility index (Phi) is 5.30. The first-order valence-corrected chi connectivity index (χ1v) is 7.16. The normalized spacial score (nSPS) is 33.0. The molecule has 1 unspecified atom stereocenters. The highest BCUT2D eigenvalue weighted by atomic mass is 16.3. The van der Waals surface area contributed by atoms with Gasteiger partial charge in [-0.05, 0) is 49.9 Å². The highest BCUT2D eigenvalue weighted by Gasteiger charge is 2.36. The van der Waals surface area contributed by atoms with Crippen LogP contribution in [0.3, 0.4) is 0 Å². The van der Waals surface area contributed by atoms with Crippen molar-refractivity contribution in [1.29, 1.82) is 0 Å². The topological polar surface area (TPSA) is 20.2 Å². The van der Waals surface area contributed by atoms with Gasteiger partial charge in [-0.2, -0.15) is 0 Å². The summed E-state index contributed by atoms with van der Waals surface area (Å²) >= 11 is 0. The van der Waals surface area contributed by atoms with E-state index in [-0.39, 0.29) is 5.60 Å². The maximum Gasteiger partial charge on any atom is 0.0673 e. The first-order chi connectivity index (χ1) is 7.44. The summed E-state index contributed by atoms with van der Waals surface area (Å²) in [6.07, 6.45) is 8.25. The van der Waals surface area contributed by atoms with E-state index in [4.69, 9.17) is 0 Å². The summed E-state index contributed by atoms with van der Waals surface area (Å²) in [5, 5.41) is 10.6. The molecule has 1 saturated carbocycles. The second-order valence-corrected chi connectivity index (χ2v) is 6.51. The third-order valence-corrected chi connectivity index (χ3v) is 4.48. The Morgan fingerprint density at radius 3 is 2.19 bits per heavy atom. The first kappa shape index (κ1) is 14.0. The minimum Gasteiger partial charge on any atom is -0.390 e. The van der Waals surface area contributed by atoms with Crippen molar-refractivity contribution in [3.63, 3.8) is 0 Å². The molecule has 0 radical (unpaired) electrons. The van der Waals surface area contributed by atoms with E-state index in [1.165, 1.54) is 32.1 Å². The first-order valence-electron chi connectivity index (χ1n) is 7.16. The fourth-order valence-electron chi connectivity index (χ4n) is 2.86. The minimum absolute atomic E-state index is 0.344. The van der Waals surface area contributed by atoms with Crippen molar-refractivity contribution >= 4 is 0 Å². The van der Waals surface area contributed by atoms with Crippen molar-refractivity contribution in [3.8, 4) is 0 Å². The maximum atomic E-state index is 10.6. The van der Waals surface area contributed by atoms with Crippen LogP contribution in [0.2, 0.25) is 0 Å². The maximum absolute atomic E-state index is 10.6. The SMILES string of the molecule is CC(C)CCCC(C)C1(O)CCC(C)CC1. The van der Waals surface area contributed by atoms with Gasteiger partial charge in [-0.1, -0.05) is 40.5 Å². The molecule has 1 N–H and O–H groups in total. The second-order valence-electron chi connectivity index (χ2n) is 6.51. The van der Waals surface area contributed by atoms with Crippen LogP contribution < -0.4 is 0 Å². The van der Waals surface area contributed by atoms with Crippen LogP contribution in [-0.4, -0.2) is 10.7 Å². The second kappa shape index (κ2) is 6.05. The van der Waals surface area contributed by atoms with E-state index < -0.39 is 0 Å². The zero-order valence-electron chi connectivity index (χ0n) is 11.6. The summed E-state index contributed by atoms with van der Waals surface area (Å²) in [6, 6.07) is 0. The smallest absolute Gasteiger partial charge is 0.0673 e. The van der Waals surface area contributed by atoms with Gasteiger partial charge < -0.3 is 5.11 Å². The van der Waals surface area contributed by atoms with Crippen LogP contribution in [0.25, 0.3) is 0 Å². The number of hydrogen-bond donors (Lipinski definition) is 1. The Bertz CT molecular complexity index is 190. The molecule has 0 saturated heterocycles. The van der Waals surface area contributed by atoms with Gasteiger partial charge in [0.15, 0.2) is 0 Å². The van der Waals surface area contributed by atoms with Gasteiger partial charge in [-0.15, -0.1) is 0 Å². The molecule has 1 nitrogen and oxygen atoms in total. The van der Waals surface area contributed by atoms with Gasteiger partial charge in [-0.3, -0.25) is 0 Å². The van der Waals surface area contributed by atoms with Crippen molar-refractivity contribution in [3.05, 3.63) is 0 Å². The van der Waals surface area contributed by atoms with E-state index >= 15 is 0 Å². The Hall–Kier alpha value is -0.0400. The van der Waals surface area contributed by atoms with E-state index in [9.17, 15) is 5.11 Å². The van der Waals surface area contributed by atoms with Gasteiger partial charge in [0.1, 0.15) is 0 Å². The van der Waals surface area contributed by atoms with Crippen molar-refractivity contribution in [2.45, 2.75) is 78.2 Å². The van der Waals surface area contributed by atoms with Crippen molar-refractivity contribution in [2.75, 3.05) is 0 Å². The van der Waals surface area contributed by atoms with E-state index in [0.717, 1.165) is 24.7 Å². The molecular formula is C15H30O. The van der Waals surface area contributed by atoms with Crippen LogP contribution in [0.15, 0.2) is 0 Å². The molecule has 1 atom stereocenters. The number of rotatable bonds is 5. The predicted molar refractivity (Wildman–Crippen MR) is 70.4 cm³/mol. The number of aliphatic hydroxyl groups is 1. The Morgan fingerprint density at radius 1 is 1.12 bits per heavy atom. The molecule has 0 spiro atoms. The van der Waals surface area contributed by atoms with Crippen LogP contribution in [0.4, 0.5) is 0 Å². The van der Waals surface area contributed by atoms with Gasteiger partial charge in [0.25, 0.3) is 0 Å². The lowest BCUT2D eigenvalue weighted by atomic mass is 9.72. The summed E-state index contributed by atoms with van der Waals surface area (Å²) in [4.78, 5) is 0. The summed E-state index contributed by atoms with van der Waals surface area (Å²) in [6.45, 7) is 9.11. The molecule has 0 bridgehead atoms. The lowest BCUT2D eigenvalue weighted by Gasteiger charge is -2.39. The fraction of sp³-hybridized carbons (Fsp3) is 1.00. The molecule has 96 valence electrons. The third-order valence-electron chi connectivity index (χ3n) is 4.48. The molecule has 1 rings (SSSR count). The lowest BCUT2D eigenvalue weighted by molar-refractivity contribution is -0.0552. The minimum atomic E-state index is -0.344. The number of hydrogen-bond acceptors (Lipinski definition) is 1. The largest absolute Gasteiger partial charge is 0.390 e. The van der Waals surface area contributed by atoms with Crippen LogP contribution in [-0.2, 0) is 0 Å². The standard InChI is InChI=1S/C15H30O/c1-12(2)6-5-7-14(4)15(16)10-8-13(3)9-11-15/h12-14,16H,5-11H2,1-4H3. The summed E-state index contributed by atoms with van der Waals surface area (Å²) < 4.78 is 0. The van der Waals surface area contributed by atoms with Gasteiger partial charge >= 0.3 is 0 Å². The highest BCUT2D eigenvalue weighted by molar-refractivity contribution is 4.88. The lowest BCUT2D eigenvalue weighted by Crippen LogP contribution is -2.40. The van der Waals surface area contributed by atoms with Gasteiger partial charge in [-0.25, -0.2) is 0 Å². The Morgan fingerprint density at radius 2 is 1.69 bits per heavy atom. The predicted octanol–water partition coefficient (Wildman–Crippen LogP) is 4.39. The molecule has 0 amide bonds. The summed E-state index contributed by atoms with van der Waals surface area (Å²) in [5.74, 6) is 2.11. The zero-order chi connectivity index (χ0) is 12.2. The van der Waals surface area contributed by atoms with Crippen LogP contribution >= 0.6 is 0 Å². The van der Waals surface area contributed by atoms with E-state index in [0.29, 0.717) is 5.92 Å². The van der Waals surface area contributed by atoms with Crippen molar-refractivity contribution in [1.82, 2.24) is 0 Å². The molecule has 0 aromatic carbocycles. The third kappa shape index (κ3) is 4.08. The average molecular weight is 226 g/mol. The monoisotopic (exact) mass is 226 g/mol. The molecular weight excluding hydrogens is 196 g/mol. The van der Waals surface area contributed by atoms with E-state index in [1.54, 1.807) is 0 Å². The molecule has 0 aromatic heterocycles. The summed E-state index contributed by atoms with van der Waals surface area (Å²) in [7, 11) is 0. The molecule has 0 aliphatic heterocycles. The van der Waals surface area contributed by atoms with Gasteiger partial charge in [0.2, 0.25) is 0 Å². The van der Waals surface area contributed by atoms with E-state index in [1.807, 2.05) is 0 Å². The van der Waals surface area contributed by atoms with Crippen molar-refractivity contribution in [2.24, 2.45) is 17.8 Å². The Labute approximate surface area is 102 Å². The molecule has 16 heavy (non-hydrogen) atoms. The average Bonchev–Trinajstić information content (AvgIpc) is 2.22. The van der Waals surface area contributed by atoms with Crippen LogP contribution in [0.1, 0.15) is 72.6 Å². The molecule has 1 heteroatoms. The molecule has 0 aromatic rings. The van der Waals surface area contributed by atoms with Crippen LogP contribution in [0.5, 0.6) is 0 Å². The molecule has 1 fully saturated rings. The van der Waals surface area contributed by atoms with Crippen LogP contribution in [0, 0.1) is 17.8 Å².